The van der Waals surface area contributed by atoms with Crippen LogP contribution in [0.25, 0.3) is 0 Å². The van der Waals surface area contributed by atoms with Gasteiger partial charge in [0.2, 0.25) is 5.96 Å². The van der Waals surface area contributed by atoms with Gasteiger partial charge in [0, 0.05) is 18.8 Å². The molecule has 0 aromatic heterocycles. The molecule has 0 radical (unpaired) electrons. The van der Waals surface area contributed by atoms with Crippen molar-refractivity contribution in [1.82, 2.24) is 0 Å². The number of benzene rings is 1. The molecule has 2 rings (SSSR count). The smallest absolute Gasteiger partial charge is 0.223 e. The number of morpholine rings is 1. The van der Waals surface area contributed by atoms with Crippen molar-refractivity contribution in [2.75, 3.05) is 31.2 Å². The largest absolute Gasteiger partial charge is 0.378 e. The van der Waals surface area contributed by atoms with Crippen molar-refractivity contribution < 1.29 is 4.74 Å². The molecule has 102 valence electrons. The van der Waals surface area contributed by atoms with Gasteiger partial charge < -0.3 is 26.8 Å². The predicted molar refractivity (Wildman–Crippen MR) is 76.6 cm³/mol. The lowest BCUT2D eigenvalue weighted by molar-refractivity contribution is 0.122. The molecule has 6 N–H and O–H groups in total. The van der Waals surface area contributed by atoms with Crippen molar-refractivity contribution in [3.8, 4) is 0 Å². The monoisotopic (exact) mass is 262 g/mol. The van der Waals surface area contributed by atoms with E-state index < -0.39 is 0 Å². The Bertz CT molecular complexity index is 471. The number of nitrogens with two attached hydrogens (primary N) is 3. The number of hydrogen-bond acceptors (Lipinski definition) is 3. The van der Waals surface area contributed by atoms with Crippen molar-refractivity contribution >= 4 is 23.3 Å². The SMILES string of the molecule is NC(N)=NC(N)=Nc1ccc(N2CCOCC2)cc1. The molecule has 0 aliphatic carbocycles. The van der Waals surface area contributed by atoms with Crippen LogP contribution >= 0.6 is 0 Å². The Labute approximate surface area is 111 Å². The van der Waals surface area contributed by atoms with Gasteiger partial charge in [0.05, 0.1) is 18.9 Å². The first-order valence-electron chi connectivity index (χ1n) is 6.02. The van der Waals surface area contributed by atoms with Crippen molar-refractivity contribution in [2.24, 2.45) is 27.2 Å². The standard InChI is InChI=1S/C12H18N6O/c13-11(14)17-12(15)16-9-1-3-10(4-2-9)18-5-7-19-8-6-18/h1-4H,5-8H2,(H6,13,14,15,16,17). The van der Waals surface area contributed by atoms with E-state index in [9.17, 15) is 0 Å². The van der Waals surface area contributed by atoms with Crippen LogP contribution in [0, 0.1) is 0 Å². The van der Waals surface area contributed by atoms with Gasteiger partial charge in [-0.25, -0.2) is 4.99 Å². The molecular formula is C12H18N6O. The van der Waals surface area contributed by atoms with Gasteiger partial charge in [-0.3, -0.25) is 0 Å². The van der Waals surface area contributed by atoms with E-state index in [1.165, 1.54) is 0 Å². The summed E-state index contributed by atoms with van der Waals surface area (Å²) >= 11 is 0. The van der Waals surface area contributed by atoms with Crippen LogP contribution in [0.5, 0.6) is 0 Å². The molecule has 0 unspecified atom stereocenters. The Morgan fingerprint density at radius 2 is 1.68 bits per heavy atom. The molecule has 1 aliphatic rings. The van der Waals surface area contributed by atoms with Crippen LogP contribution in [0.4, 0.5) is 11.4 Å². The third-order valence-electron chi connectivity index (χ3n) is 2.71. The van der Waals surface area contributed by atoms with Crippen LogP contribution in [-0.4, -0.2) is 38.2 Å². The van der Waals surface area contributed by atoms with Crippen molar-refractivity contribution in [2.45, 2.75) is 0 Å². The number of hydrogen-bond donors (Lipinski definition) is 3. The molecule has 0 amide bonds. The maximum Gasteiger partial charge on any atom is 0.223 e. The number of anilines is 1. The molecule has 0 spiro atoms. The summed E-state index contributed by atoms with van der Waals surface area (Å²) in [6.07, 6.45) is 0. The number of aliphatic imine (C=N–C) groups is 2. The maximum absolute atomic E-state index is 5.56. The molecule has 19 heavy (non-hydrogen) atoms. The second-order valence-electron chi connectivity index (χ2n) is 4.12. The maximum atomic E-state index is 5.56. The van der Waals surface area contributed by atoms with Crippen LogP contribution in [0.2, 0.25) is 0 Å². The minimum atomic E-state index is -0.105. The first-order chi connectivity index (χ1) is 9.15. The van der Waals surface area contributed by atoms with E-state index in [4.69, 9.17) is 21.9 Å². The summed E-state index contributed by atoms with van der Waals surface area (Å²) in [6, 6.07) is 7.74. The summed E-state index contributed by atoms with van der Waals surface area (Å²) in [5.41, 5.74) is 17.8. The van der Waals surface area contributed by atoms with Crippen LogP contribution in [0.15, 0.2) is 34.3 Å². The summed E-state index contributed by atoms with van der Waals surface area (Å²) in [5, 5.41) is 0. The molecule has 1 heterocycles. The van der Waals surface area contributed by atoms with Gasteiger partial charge in [0.1, 0.15) is 0 Å². The first kappa shape index (κ1) is 13.2. The van der Waals surface area contributed by atoms with Gasteiger partial charge in [-0.2, -0.15) is 4.99 Å². The Morgan fingerprint density at radius 1 is 1.05 bits per heavy atom. The third-order valence-corrected chi connectivity index (χ3v) is 2.71. The van der Waals surface area contributed by atoms with Gasteiger partial charge in [-0.1, -0.05) is 0 Å². The zero-order valence-electron chi connectivity index (χ0n) is 10.6. The molecule has 0 saturated carbocycles. The summed E-state index contributed by atoms with van der Waals surface area (Å²) in [7, 11) is 0. The van der Waals surface area contributed by atoms with Gasteiger partial charge in [-0.15, -0.1) is 0 Å². The highest BCUT2D eigenvalue weighted by molar-refractivity contribution is 5.93. The molecule has 0 bridgehead atoms. The van der Waals surface area contributed by atoms with Crippen molar-refractivity contribution in [1.29, 1.82) is 0 Å². The highest BCUT2D eigenvalue weighted by Crippen LogP contribution is 2.20. The molecule has 7 nitrogen and oxygen atoms in total. The second-order valence-corrected chi connectivity index (χ2v) is 4.12. The van der Waals surface area contributed by atoms with Crippen LogP contribution in [0.1, 0.15) is 0 Å². The van der Waals surface area contributed by atoms with E-state index in [-0.39, 0.29) is 11.9 Å². The first-order valence-corrected chi connectivity index (χ1v) is 6.02. The fraction of sp³-hybridized carbons (Fsp3) is 0.333. The minimum Gasteiger partial charge on any atom is -0.378 e. The number of rotatable bonds is 2. The molecule has 1 saturated heterocycles. The van der Waals surface area contributed by atoms with Crippen LogP contribution in [-0.2, 0) is 4.74 Å². The molecule has 0 atom stereocenters. The van der Waals surface area contributed by atoms with Gasteiger partial charge in [-0.05, 0) is 24.3 Å². The molecule has 1 aromatic carbocycles. The van der Waals surface area contributed by atoms with Crippen molar-refractivity contribution in [3.63, 3.8) is 0 Å². The minimum absolute atomic E-state index is 0.0409. The number of nitrogens with zero attached hydrogens (tertiary/aromatic N) is 3. The van der Waals surface area contributed by atoms with Crippen molar-refractivity contribution in [3.05, 3.63) is 24.3 Å². The fourth-order valence-electron chi connectivity index (χ4n) is 1.85. The summed E-state index contributed by atoms with van der Waals surface area (Å²) < 4.78 is 5.32. The highest BCUT2D eigenvalue weighted by atomic mass is 16.5. The normalized spacial score (nSPS) is 16.2. The molecule has 1 aromatic rings. The van der Waals surface area contributed by atoms with Gasteiger partial charge in [0.15, 0.2) is 5.96 Å². The Balaban J connectivity index is 2.07. The lowest BCUT2D eigenvalue weighted by Crippen LogP contribution is -2.36. The Kier molecular flexibility index (Phi) is 4.19. The van der Waals surface area contributed by atoms with Gasteiger partial charge >= 0.3 is 0 Å². The Morgan fingerprint density at radius 3 is 2.26 bits per heavy atom. The third kappa shape index (κ3) is 3.85. The number of guanidine groups is 2. The van der Waals surface area contributed by atoms with E-state index in [1.54, 1.807) is 0 Å². The quantitative estimate of drug-likeness (QED) is 0.502. The molecule has 1 fully saturated rings. The summed E-state index contributed by atoms with van der Waals surface area (Å²) in [4.78, 5) is 10.0. The van der Waals surface area contributed by atoms with E-state index in [1.807, 2.05) is 24.3 Å². The number of ether oxygens (including phenoxy) is 1. The second kappa shape index (κ2) is 6.05. The van der Waals surface area contributed by atoms with E-state index in [0.29, 0.717) is 5.69 Å². The van der Waals surface area contributed by atoms with Crippen LogP contribution in [0.3, 0.4) is 0 Å². The van der Waals surface area contributed by atoms with E-state index in [0.717, 1.165) is 32.0 Å². The molecular weight excluding hydrogens is 244 g/mol. The summed E-state index contributed by atoms with van der Waals surface area (Å²) in [6.45, 7) is 3.33. The topological polar surface area (TPSA) is 115 Å². The predicted octanol–water partition coefficient (Wildman–Crippen LogP) is -0.257. The average molecular weight is 262 g/mol. The zero-order valence-corrected chi connectivity index (χ0v) is 10.6. The zero-order chi connectivity index (χ0) is 13.7. The molecule has 7 heteroatoms. The summed E-state index contributed by atoms with van der Waals surface area (Å²) in [5.74, 6) is -0.0645. The fourth-order valence-corrected chi connectivity index (χ4v) is 1.85. The lowest BCUT2D eigenvalue weighted by atomic mass is 10.2. The highest BCUT2D eigenvalue weighted by Gasteiger charge is 2.10. The molecule has 1 aliphatic heterocycles. The lowest BCUT2D eigenvalue weighted by Gasteiger charge is -2.28. The van der Waals surface area contributed by atoms with Gasteiger partial charge in [0.25, 0.3) is 0 Å². The Hall–Kier alpha value is -2.28. The van der Waals surface area contributed by atoms with E-state index >= 15 is 0 Å². The average Bonchev–Trinajstić information content (AvgIpc) is 2.39. The van der Waals surface area contributed by atoms with Crippen LogP contribution < -0.4 is 22.1 Å². The van der Waals surface area contributed by atoms with E-state index in [2.05, 4.69) is 14.9 Å².